The first kappa shape index (κ1) is 21.9. The molecule has 4 rings (SSSR count). The number of aromatic amines is 2. The summed E-state index contributed by atoms with van der Waals surface area (Å²) in [5.74, 6) is -0.0631. The predicted molar refractivity (Wildman–Crippen MR) is 126 cm³/mol. The average molecular weight is 444 g/mol. The summed E-state index contributed by atoms with van der Waals surface area (Å²) in [6.07, 6.45) is 0.770. The molecule has 0 aliphatic rings. The second-order valence-corrected chi connectivity index (χ2v) is 8.88. The largest absolute Gasteiger partial charge is 0.318 e. The van der Waals surface area contributed by atoms with Crippen molar-refractivity contribution < 1.29 is 9.59 Å². The second kappa shape index (κ2) is 9.07. The molecule has 0 radical (unpaired) electrons. The minimum absolute atomic E-state index is 0.0756. The summed E-state index contributed by atoms with van der Waals surface area (Å²) in [5.41, 5.74) is 3.16. The van der Waals surface area contributed by atoms with Crippen molar-refractivity contribution in [1.29, 1.82) is 0 Å². The molecule has 0 unspecified atom stereocenters. The van der Waals surface area contributed by atoms with Crippen LogP contribution in [-0.4, -0.2) is 37.2 Å². The number of nitrogens with zero attached hydrogens (tertiary/aromatic N) is 3. The van der Waals surface area contributed by atoms with Crippen LogP contribution >= 0.6 is 0 Å². The van der Waals surface area contributed by atoms with Crippen LogP contribution in [0.25, 0.3) is 22.8 Å². The van der Waals surface area contributed by atoms with Gasteiger partial charge in [0.05, 0.1) is 0 Å². The van der Waals surface area contributed by atoms with E-state index in [2.05, 4.69) is 56.8 Å². The van der Waals surface area contributed by atoms with Gasteiger partial charge in [-0.05, 0) is 36.1 Å². The zero-order valence-electron chi connectivity index (χ0n) is 18.6. The van der Waals surface area contributed by atoms with E-state index in [9.17, 15) is 9.59 Å². The van der Waals surface area contributed by atoms with Gasteiger partial charge >= 0.3 is 11.8 Å². The predicted octanol–water partition coefficient (Wildman–Crippen LogP) is 4.03. The highest BCUT2D eigenvalue weighted by Gasteiger charge is 2.18. The molecule has 0 aliphatic heterocycles. The van der Waals surface area contributed by atoms with Crippen molar-refractivity contribution in [3.05, 3.63) is 66.4 Å². The number of hydrogen-bond donors (Lipinski definition) is 4. The summed E-state index contributed by atoms with van der Waals surface area (Å²) in [4.78, 5) is 29.0. The Morgan fingerprint density at radius 2 is 1.55 bits per heavy atom. The monoisotopic (exact) mass is 443 g/mol. The average Bonchev–Trinajstić information content (AvgIpc) is 3.43. The number of H-pyrrole nitrogens is 2. The van der Waals surface area contributed by atoms with Gasteiger partial charge < -0.3 is 10.6 Å². The van der Waals surface area contributed by atoms with Gasteiger partial charge in [-0.3, -0.25) is 19.8 Å². The SMILES string of the molecule is CC(C)(C)Cc1cc(NC(=O)C(=O)Nc2ccc(-c3nc(-c4ccccc4)n[nH]3)cc2)n[nH]1. The molecule has 2 amide bonds. The number of amides is 2. The van der Waals surface area contributed by atoms with Crippen molar-refractivity contribution in [2.24, 2.45) is 5.41 Å². The fraction of sp³-hybridized carbons (Fsp3) is 0.208. The van der Waals surface area contributed by atoms with Gasteiger partial charge in [-0.15, -0.1) is 0 Å². The molecule has 0 bridgehead atoms. The molecule has 4 aromatic rings. The van der Waals surface area contributed by atoms with Gasteiger partial charge in [0.25, 0.3) is 0 Å². The minimum atomic E-state index is -0.796. The molecule has 0 fully saturated rings. The highest BCUT2D eigenvalue weighted by Crippen LogP contribution is 2.22. The van der Waals surface area contributed by atoms with Gasteiger partial charge in [0.15, 0.2) is 17.5 Å². The summed E-state index contributed by atoms with van der Waals surface area (Å²) in [6, 6.07) is 18.4. The minimum Gasteiger partial charge on any atom is -0.318 e. The molecule has 0 saturated carbocycles. The molecule has 0 aliphatic carbocycles. The van der Waals surface area contributed by atoms with Crippen LogP contribution in [0.1, 0.15) is 26.5 Å². The van der Waals surface area contributed by atoms with Crippen molar-refractivity contribution in [3.63, 3.8) is 0 Å². The van der Waals surface area contributed by atoms with Crippen molar-refractivity contribution in [1.82, 2.24) is 25.4 Å². The van der Waals surface area contributed by atoms with E-state index in [1.165, 1.54) is 0 Å². The molecule has 2 heterocycles. The fourth-order valence-electron chi connectivity index (χ4n) is 3.27. The Morgan fingerprint density at radius 3 is 2.24 bits per heavy atom. The Kier molecular flexibility index (Phi) is 6.03. The summed E-state index contributed by atoms with van der Waals surface area (Å²) in [5, 5.41) is 19.2. The molecule has 0 atom stereocenters. The van der Waals surface area contributed by atoms with Gasteiger partial charge in [-0.2, -0.15) is 10.2 Å². The normalized spacial score (nSPS) is 11.2. The lowest BCUT2D eigenvalue weighted by molar-refractivity contribution is -0.133. The summed E-state index contributed by atoms with van der Waals surface area (Å²) < 4.78 is 0. The highest BCUT2D eigenvalue weighted by atomic mass is 16.2. The van der Waals surface area contributed by atoms with E-state index in [0.29, 0.717) is 23.2 Å². The number of benzene rings is 2. The smallest absolute Gasteiger partial charge is 0.315 e. The van der Waals surface area contributed by atoms with Crippen LogP contribution in [0.5, 0.6) is 0 Å². The van der Waals surface area contributed by atoms with Gasteiger partial charge in [-0.1, -0.05) is 51.1 Å². The number of carbonyl (C=O) groups is 2. The van der Waals surface area contributed by atoms with Crippen LogP contribution in [0.4, 0.5) is 11.5 Å². The Morgan fingerprint density at radius 1 is 0.848 bits per heavy atom. The van der Waals surface area contributed by atoms with Gasteiger partial charge in [0.2, 0.25) is 0 Å². The second-order valence-electron chi connectivity index (χ2n) is 8.88. The molecular formula is C24H25N7O2. The number of carbonyl (C=O) groups excluding carboxylic acids is 2. The number of rotatable bonds is 5. The highest BCUT2D eigenvalue weighted by molar-refractivity contribution is 6.43. The standard InChI is InChI=1S/C24H25N7O2/c1-24(2,3)14-18-13-19(29-28-18)26-23(33)22(32)25-17-11-9-16(10-12-17)21-27-20(30-31-21)15-7-5-4-6-8-15/h4-13H,14H2,1-3H3,(H,25,32)(H,27,30,31)(H2,26,28,29,33). The van der Waals surface area contributed by atoms with Crippen molar-refractivity contribution in [2.45, 2.75) is 27.2 Å². The molecule has 4 N–H and O–H groups in total. The molecule has 2 aromatic carbocycles. The summed E-state index contributed by atoms with van der Waals surface area (Å²) >= 11 is 0. The quantitative estimate of drug-likeness (QED) is 0.346. The van der Waals surface area contributed by atoms with Gasteiger partial charge in [0, 0.05) is 28.6 Å². The third-order valence-electron chi connectivity index (χ3n) is 4.73. The van der Waals surface area contributed by atoms with E-state index in [4.69, 9.17) is 0 Å². The van der Waals surface area contributed by atoms with E-state index >= 15 is 0 Å². The van der Waals surface area contributed by atoms with Gasteiger partial charge in [-0.25, -0.2) is 4.98 Å². The lowest BCUT2D eigenvalue weighted by atomic mass is 9.91. The Balaban J connectivity index is 1.35. The zero-order valence-corrected chi connectivity index (χ0v) is 18.6. The molecule has 2 aromatic heterocycles. The van der Waals surface area contributed by atoms with Crippen LogP contribution in [-0.2, 0) is 16.0 Å². The third-order valence-corrected chi connectivity index (χ3v) is 4.73. The topological polar surface area (TPSA) is 128 Å². The number of hydrogen-bond acceptors (Lipinski definition) is 5. The van der Waals surface area contributed by atoms with E-state index in [1.807, 2.05) is 30.3 Å². The third kappa shape index (κ3) is 5.70. The van der Waals surface area contributed by atoms with Crippen LogP contribution in [0.3, 0.4) is 0 Å². The lowest BCUT2D eigenvalue weighted by Crippen LogP contribution is -2.29. The maximum absolute atomic E-state index is 12.3. The van der Waals surface area contributed by atoms with Crippen LogP contribution in [0.15, 0.2) is 60.7 Å². The molecule has 168 valence electrons. The Hall–Kier alpha value is -4.27. The van der Waals surface area contributed by atoms with Crippen LogP contribution in [0, 0.1) is 5.41 Å². The number of aromatic nitrogens is 5. The first-order valence-corrected chi connectivity index (χ1v) is 10.5. The Bertz CT molecular complexity index is 1250. The molecule has 9 heteroatoms. The van der Waals surface area contributed by atoms with E-state index in [0.717, 1.165) is 23.2 Å². The number of nitrogens with one attached hydrogen (secondary N) is 4. The van der Waals surface area contributed by atoms with Gasteiger partial charge in [0.1, 0.15) is 0 Å². The van der Waals surface area contributed by atoms with Crippen LogP contribution < -0.4 is 10.6 Å². The van der Waals surface area contributed by atoms with Crippen LogP contribution in [0.2, 0.25) is 0 Å². The fourth-order valence-corrected chi connectivity index (χ4v) is 3.27. The molecule has 33 heavy (non-hydrogen) atoms. The first-order valence-electron chi connectivity index (χ1n) is 10.5. The summed E-state index contributed by atoms with van der Waals surface area (Å²) in [7, 11) is 0. The summed E-state index contributed by atoms with van der Waals surface area (Å²) in [6.45, 7) is 6.32. The van der Waals surface area contributed by atoms with Crippen molar-refractivity contribution in [3.8, 4) is 22.8 Å². The first-order chi connectivity index (χ1) is 15.8. The molecule has 0 saturated heterocycles. The van der Waals surface area contributed by atoms with Crippen molar-refractivity contribution in [2.75, 3.05) is 10.6 Å². The zero-order chi connectivity index (χ0) is 23.4. The van der Waals surface area contributed by atoms with E-state index in [-0.39, 0.29) is 5.41 Å². The lowest BCUT2D eigenvalue weighted by Gasteiger charge is -2.15. The molecular weight excluding hydrogens is 418 g/mol. The van der Waals surface area contributed by atoms with E-state index < -0.39 is 11.8 Å². The van der Waals surface area contributed by atoms with E-state index in [1.54, 1.807) is 30.3 Å². The molecule has 9 nitrogen and oxygen atoms in total. The number of anilines is 2. The maximum Gasteiger partial charge on any atom is 0.315 e. The maximum atomic E-state index is 12.3. The molecule has 0 spiro atoms. The van der Waals surface area contributed by atoms with Crippen molar-refractivity contribution >= 4 is 23.3 Å². The Labute approximate surface area is 191 Å².